The molecule has 0 spiro atoms. The Morgan fingerprint density at radius 1 is 1.29 bits per heavy atom. The van der Waals surface area contributed by atoms with Gasteiger partial charge in [0.15, 0.2) is 0 Å². The van der Waals surface area contributed by atoms with Crippen molar-refractivity contribution in [2.24, 2.45) is 0 Å². The average molecular weight is 292 g/mol. The van der Waals surface area contributed by atoms with Crippen LogP contribution in [0.25, 0.3) is 0 Å². The molecule has 1 aromatic carbocycles. The molecule has 0 atom stereocenters. The molecular formula is C17H28N2O2. The van der Waals surface area contributed by atoms with Gasteiger partial charge in [-0.3, -0.25) is 0 Å². The Kier molecular flexibility index (Phi) is 5.40. The number of rotatable bonds is 5. The molecule has 0 saturated heterocycles. The molecule has 0 saturated carbocycles. The van der Waals surface area contributed by atoms with Gasteiger partial charge in [-0.15, -0.1) is 0 Å². The Balaban J connectivity index is 2.63. The second-order valence-corrected chi connectivity index (χ2v) is 7.08. The molecule has 2 N–H and O–H groups in total. The summed E-state index contributed by atoms with van der Waals surface area (Å²) < 4.78 is 0. The van der Waals surface area contributed by atoms with Crippen LogP contribution in [0, 0.1) is 6.92 Å². The smallest absolute Gasteiger partial charge is 0.317 e. The maximum atomic E-state index is 12.1. The molecule has 21 heavy (non-hydrogen) atoms. The molecule has 1 aromatic rings. The number of benzene rings is 1. The number of urea groups is 1. The molecule has 0 aliphatic carbocycles. The van der Waals surface area contributed by atoms with E-state index in [1.807, 2.05) is 6.07 Å². The molecule has 0 unspecified atom stereocenters. The first-order valence-corrected chi connectivity index (χ1v) is 7.30. The van der Waals surface area contributed by atoms with Gasteiger partial charge in [0.2, 0.25) is 0 Å². The molecule has 4 nitrogen and oxygen atoms in total. The van der Waals surface area contributed by atoms with Crippen LogP contribution in [0.15, 0.2) is 24.3 Å². The number of nitrogens with zero attached hydrogens (tertiary/aromatic N) is 1. The van der Waals surface area contributed by atoms with E-state index < -0.39 is 5.60 Å². The summed E-state index contributed by atoms with van der Waals surface area (Å²) in [7, 11) is 1.69. The summed E-state index contributed by atoms with van der Waals surface area (Å²) in [5, 5.41) is 12.7. The minimum Gasteiger partial charge on any atom is -0.389 e. The Bertz CT molecular complexity index is 490. The zero-order valence-electron chi connectivity index (χ0n) is 14.0. The molecule has 0 aliphatic rings. The zero-order valence-corrected chi connectivity index (χ0v) is 14.0. The number of nitrogens with one attached hydrogen (secondary N) is 1. The molecule has 0 aromatic heterocycles. The number of carbonyl (C=O) groups excluding carboxylic acids is 1. The molecule has 2 amide bonds. The van der Waals surface area contributed by atoms with Crippen LogP contribution in [0.3, 0.4) is 0 Å². The van der Waals surface area contributed by atoms with Crippen LogP contribution in [0.2, 0.25) is 0 Å². The lowest BCUT2D eigenvalue weighted by Gasteiger charge is -2.29. The number of hydrogen-bond donors (Lipinski definition) is 2. The van der Waals surface area contributed by atoms with Crippen LogP contribution >= 0.6 is 0 Å². The Labute approximate surface area is 128 Å². The Morgan fingerprint density at radius 2 is 1.90 bits per heavy atom. The number of aryl methyl sites for hydroxylation is 1. The maximum absolute atomic E-state index is 12.1. The fraction of sp³-hybridized carbons (Fsp3) is 0.588. The predicted molar refractivity (Wildman–Crippen MR) is 86.5 cm³/mol. The van der Waals surface area contributed by atoms with E-state index in [4.69, 9.17) is 0 Å². The highest BCUT2D eigenvalue weighted by Crippen LogP contribution is 2.23. The van der Waals surface area contributed by atoms with E-state index in [9.17, 15) is 9.90 Å². The van der Waals surface area contributed by atoms with Gasteiger partial charge >= 0.3 is 6.03 Å². The summed E-state index contributed by atoms with van der Waals surface area (Å²) in [6.45, 7) is 10.5. The minimum absolute atomic E-state index is 0.142. The van der Waals surface area contributed by atoms with Gasteiger partial charge in [-0.2, -0.15) is 0 Å². The molecule has 0 aliphatic heterocycles. The van der Waals surface area contributed by atoms with E-state index in [1.54, 1.807) is 20.9 Å². The molecule has 0 heterocycles. The van der Waals surface area contributed by atoms with Crippen LogP contribution < -0.4 is 5.32 Å². The van der Waals surface area contributed by atoms with Crippen molar-refractivity contribution in [3.05, 3.63) is 35.4 Å². The first-order chi connectivity index (χ1) is 9.51. The maximum Gasteiger partial charge on any atom is 0.317 e. The molecule has 0 radical (unpaired) electrons. The first-order valence-electron chi connectivity index (χ1n) is 7.30. The summed E-state index contributed by atoms with van der Waals surface area (Å²) in [5.74, 6) is 0. The normalized spacial score (nSPS) is 12.1. The van der Waals surface area contributed by atoms with Crippen LogP contribution in [-0.2, 0) is 5.41 Å². The minimum atomic E-state index is -0.891. The van der Waals surface area contributed by atoms with Gasteiger partial charge < -0.3 is 15.3 Å². The lowest BCUT2D eigenvalue weighted by molar-refractivity contribution is 0.0530. The zero-order chi connectivity index (χ0) is 16.3. The van der Waals surface area contributed by atoms with Crippen molar-refractivity contribution in [1.29, 1.82) is 0 Å². The van der Waals surface area contributed by atoms with Crippen LogP contribution in [0.5, 0.6) is 0 Å². The first kappa shape index (κ1) is 17.5. The van der Waals surface area contributed by atoms with E-state index in [2.05, 4.69) is 44.3 Å². The average Bonchev–Trinajstić information content (AvgIpc) is 2.34. The van der Waals surface area contributed by atoms with Crippen LogP contribution in [0.4, 0.5) is 4.79 Å². The third-order valence-electron chi connectivity index (χ3n) is 3.45. The Morgan fingerprint density at radius 3 is 2.43 bits per heavy atom. The topological polar surface area (TPSA) is 52.6 Å². The largest absolute Gasteiger partial charge is 0.389 e. The van der Waals surface area contributed by atoms with Gasteiger partial charge in [0.1, 0.15) is 0 Å². The van der Waals surface area contributed by atoms with Crippen LogP contribution in [-0.4, -0.2) is 41.8 Å². The SMILES string of the molecule is Cc1cccc(C(C)(C)CNC(=O)N(C)CC(C)(C)O)c1. The molecule has 1 rings (SSSR count). The highest BCUT2D eigenvalue weighted by Gasteiger charge is 2.24. The van der Waals surface area contributed by atoms with Gasteiger partial charge in [0.05, 0.1) is 12.1 Å². The number of likely N-dealkylation sites (N-methyl/N-ethyl adjacent to an activating group) is 1. The highest BCUT2D eigenvalue weighted by molar-refractivity contribution is 5.74. The van der Waals surface area contributed by atoms with E-state index >= 15 is 0 Å². The fourth-order valence-electron chi connectivity index (χ4n) is 2.25. The molecule has 4 heteroatoms. The second-order valence-electron chi connectivity index (χ2n) is 7.08. The number of amides is 2. The van der Waals surface area contributed by atoms with E-state index in [1.165, 1.54) is 16.0 Å². The Hall–Kier alpha value is -1.55. The number of carbonyl (C=O) groups is 1. The number of aliphatic hydroxyl groups is 1. The summed E-state index contributed by atoms with van der Waals surface area (Å²) in [6, 6.07) is 8.16. The summed E-state index contributed by atoms with van der Waals surface area (Å²) in [4.78, 5) is 13.6. The van der Waals surface area contributed by atoms with Crippen molar-refractivity contribution in [2.45, 2.75) is 45.6 Å². The van der Waals surface area contributed by atoms with Crippen molar-refractivity contribution in [3.63, 3.8) is 0 Å². The van der Waals surface area contributed by atoms with Gasteiger partial charge in [0.25, 0.3) is 0 Å². The standard InChI is InChI=1S/C17H28N2O2/c1-13-8-7-9-14(10-13)16(2,3)11-18-15(20)19(6)12-17(4,5)21/h7-10,21H,11-12H2,1-6H3,(H,18,20). The van der Waals surface area contributed by atoms with Crippen molar-refractivity contribution in [2.75, 3.05) is 20.1 Å². The predicted octanol–water partition coefficient (Wildman–Crippen LogP) is 2.68. The van der Waals surface area contributed by atoms with Crippen molar-refractivity contribution < 1.29 is 9.90 Å². The van der Waals surface area contributed by atoms with Crippen molar-refractivity contribution >= 4 is 6.03 Å². The van der Waals surface area contributed by atoms with Gasteiger partial charge in [0, 0.05) is 19.0 Å². The number of hydrogen-bond acceptors (Lipinski definition) is 2. The van der Waals surface area contributed by atoms with Crippen molar-refractivity contribution in [3.8, 4) is 0 Å². The third kappa shape index (κ3) is 5.76. The van der Waals surface area contributed by atoms with Gasteiger partial charge in [-0.05, 0) is 26.3 Å². The van der Waals surface area contributed by atoms with Gasteiger partial charge in [-0.25, -0.2) is 4.79 Å². The molecular weight excluding hydrogens is 264 g/mol. The van der Waals surface area contributed by atoms with E-state index in [-0.39, 0.29) is 11.4 Å². The monoisotopic (exact) mass is 292 g/mol. The summed E-state index contributed by atoms with van der Waals surface area (Å²) in [5.41, 5.74) is 1.38. The second kappa shape index (κ2) is 6.48. The lowest BCUT2D eigenvalue weighted by atomic mass is 9.84. The van der Waals surface area contributed by atoms with Gasteiger partial charge in [-0.1, -0.05) is 43.7 Å². The van der Waals surface area contributed by atoms with Crippen molar-refractivity contribution in [1.82, 2.24) is 10.2 Å². The van der Waals surface area contributed by atoms with E-state index in [0.29, 0.717) is 13.1 Å². The molecule has 0 bridgehead atoms. The van der Waals surface area contributed by atoms with E-state index in [0.717, 1.165) is 0 Å². The summed E-state index contributed by atoms with van der Waals surface area (Å²) in [6.07, 6.45) is 0. The highest BCUT2D eigenvalue weighted by atomic mass is 16.3. The third-order valence-corrected chi connectivity index (χ3v) is 3.45. The van der Waals surface area contributed by atoms with Crippen LogP contribution in [0.1, 0.15) is 38.8 Å². The quantitative estimate of drug-likeness (QED) is 0.876. The molecule has 0 fully saturated rings. The fourth-order valence-corrected chi connectivity index (χ4v) is 2.25. The summed E-state index contributed by atoms with van der Waals surface area (Å²) >= 11 is 0. The molecule has 118 valence electrons. The lowest BCUT2D eigenvalue weighted by Crippen LogP contribution is -2.47.